The predicted molar refractivity (Wildman–Crippen MR) is 81.1 cm³/mol. The van der Waals surface area contributed by atoms with E-state index in [1.807, 2.05) is 12.1 Å². The SMILES string of the molecule is N#C/C(NC=O)=C1/SCC(c2ccc(Cl)cc2Cl)S1. The smallest absolute Gasteiger partial charge is 0.212 e. The molecule has 19 heavy (non-hydrogen) atoms. The summed E-state index contributed by atoms with van der Waals surface area (Å²) in [6.45, 7) is 0. The van der Waals surface area contributed by atoms with Crippen LogP contribution in [0.3, 0.4) is 0 Å². The molecule has 2 rings (SSSR count). The molecule has 1 N–H and O–H groups in total. The average molecular weight is 331 g/mol. The topological polar surface area (TPSA) is 52.9 Å². The molecule has 1 fully saturated rings. The fraction of sp³-hybridized carbons (Fsp3) is 0.167. The van der Waals surface area contributed by atoms with Crippen LogP contribution in [-0.4, -0.2) is 12.2 Å². The first-order valence-corrected chi connectivity index (χ1v) is 7.86. The van der Waals surface area contributed by atoms with Gasteiger partial charge in [0.15, 0.2) is 0 Å². The summed E-state index contributed by atoms with van der Waals surface area (Å²) in [5.74, 6) is 0.799. The summed E-state index contributed by atoms with van der Waals surface area (Å²) < 4.78 is 0.811. The largest absolute Gasteiger partial charge is 0.319 e. The van der Waals surface area contributed by atoms with Crippen LogP contribution in [0.1, 0.15) is 10.8 Å². The number of nitriles is 1. The van der Waals surface area contributed by atoms with E-state index >= 15 is 0 Å². The van der Waals surface area contributed by atoms with Gasteiger partial charge in [-0.1, -0.05) is 29.3 Å². The van der Waals surface area contributed by atoms with Gasteiger partial charge in [-0.25, -0.2) is 0 Å². The molecule has 1 unspecified atom stereocenters. The first kappa shape index (κ1) is 14.6. The van der Waals surface area contributed by atoms with Crippen molar-refractivity contribution in [3.63, 3.8) is 0 Å². The molecule has 0 saturated carbocycles. The van der Waals surface area contributed by atoms with E-state index in [-0.39, 0.29) is 10.9 Å². The summed E-state index contributed by atoms with van der Waals surface area (Å²) in [6.07, 6.45) is 0.509. The molecule has 1 aromatic carbocycles. The number of hydrogen-bond acceptors (Lipinski definition) is 4. The first-order valence-electron chi connectivity index (χ1n) is 5.24. The fourth-order valence-corrected chi connectivity index (χ4v) is 5.04. The second-order valence-electron chi connectivity index (χ2n) is 3.62. The summed E-state index contributed by atoms with van der Waals surface area (Å²) >= 11 is 15.1. The van der Waals surface area contributed by atoms with Crippen LogP contribution in [0.15, 0.2) is 28.1 Å². The Labute approximate surface area is 129 Å². The first-order chi connectivity index (χ1) is 9.15. The van der Waals surface area contributed by atoms with Crippen LogP contribution >= 0.6 is 46.7 Å². The molecule has 1 aliphatic heterocycles. The third-order valence-corrected chi connectivity index (χ3v) is 5.95. The number of thioether (sulfide) groups is 2. The highest BCUT2D eigenvalue weighted by Crippen LogP contribution is 2.52. The van der Waals surface area contributed by atoms with Crippen molar-refractivity contribution >= 4 is 53.1 Å². The third-order valence-electron chi connectivity index (χ3n) is 2.44. The lowest BCUT2D eigenvalue weighted by Crippen LogP contribution is -2.09. The Morgan fingerprint density at radius 3 is 2.95 bits per heavy atom. The van der Waals surface area contributed by atoms with Gasteiger partial charge in [0.1, 0.15) is 11.8 Å². The number of benzene rings is 1. The van der Waals surface area contributed by atoms with Crippen LogP contribution in [0.2, 0.25) is 10.0 Å². The standard InChI is InChI=1S/C12H8Cl2N2OS2/c13-7-1-2-8(9(14)3-7)11-5-18-12(19-11)10(4-15)16-6-17/h1-3,6,11H,5H2,(H,16,17)/b12-10+. The minimum Gasteiger partial charge on any atom is -0.319 e. The molecule has 1 amide bonds. The highest BCUT2D eigenvalue weighted by molar-refractivity contribution is 8.25. The third kappa shape index (κ3) is 3.40. The Morgan fingerprint density at radius 2 is 2.32 bits per heavy atom. The van der Waals surface area contributed by atoms with Crippen molar-refractivity contribution in [1.29, 1.82) is 5.26 Å². The fourth-order valence-electron chi connectivity index (χ4n) is 1.59. The molecule has 0 radical (unpaired) electrons. The van der Waals surface area contributed by atoms with Crippen molar-refractivity contribution in [2.45, 2.75) is 5.25 Å². The van der Waals surface area contributed by atoms with Crippen LogP contribution in [0.5, 0.6) is 0 Å². The van der Waals surface area contributed by atoms with Gasteiger partial charge in [0.25, 0.3) is 0 Å². The Morgan fingerprint density at radius 1 is 1.53 bits per heavy atom. The van der Waals surface area contributed by atoms with Gasteiger partial charge < -0.3 is 5.32 Å². The van der Waals surface area contributed by atoms with Gasteiger partial charge in [-0.05, 0) is 17.7 Å². The molecule has 1 atom stereocenters. The van der Waals surface area contributed by atoms with Crippen molar-refractivity contribution in [2.75, 3.05) is 5.75 Å². The number of amides is 1. The quantitative estimate of drug-likeness (QED) is 0.673. The van der Waals surface area contributed by atoms with Gasteiger partial charge in [0.2, 0.25) is 6.41 Å². The van der Waals surface area contributed by atoms with E-state index in [0.717, 1.165) is 15.6 Å². The van der Waals surface area contributed by atoms with E-state index in [1.165, 1.54) is 23.5 Å². The highest BCUT2D eigenvalue weighted by Gasteiger charge is 2.27. The molecular weight excluding hydrogens is 323 g/mol. The van der Waals surface area contributed by atoms with Crippen LogP contribution in [-0.2, 0) is 4.79 Å². The van der Waals surface area contributed by atoms with Crippen molar-refractivity contribution < 1.29 is 4.79 Å². The van der Waals surface area contributed by atoms with E-state index < -0.39 is 0 Å². The van der Waals surface area contributed by atoms with Gasteiger partial charge in [-0.15, -0.1) is 23.5 Å². The van der Waals surface area contributed by atoms with Crippen molar-refractivity contribution in [3.8, 4) is 6.07 Å². The summed E-state index contributed by atoms with van der Waals surface area (Å²) in [5.41, 5.74) is 1.28. The van der Waals surface area contributed by atoms with E-state index in [9.17, 15) is 4.79 Å². The van der Waals surface area contributed by atoms with Crippen LogP contribution in [0.25, 0.3) is 0 Å². The Hall–Kier alpha value is -0.800. The second kappa shape index (κ2) is 6.58. The number of carbonyl (C=O) groups excluding carboxylic acids is 1. The lowest BCUT2D eigenvalue weighted by molar-refractivity contribution is -0.108. The minimum atomic E-state index is 0.154. The molecule has 98 valence electrons. The van der Waals surface area contributed by atoms with Crippen LogP contribution in [0, 0.1) is 11.3 Å². The van der Waals surface area contributed by atoms with E-state index in [0.29, 0.717) is 16.5 Å². The molecule has 1 saturated heterocycles. The molecule has 1 aromatic rings. The zero-order chi connectivity index (χ0) is 13.8. The Balaban J connectivity index is 2.23. The summed E-state index contributed by atoms with van der Waals surface area (Å²) in [7, 11) is 0. The number of hydrogen-bond donors (Lipinski definition) is 1. The molecule has 0 spiro atoms. The summed E-state index contributed by atoms with van der Waals surface area (Å²) in [5, 5.41) is 12.7. The molecule has 3 nitrogen and oxygen atoms in total. The summed E-state index contributed by atoms with van der Waals surface area (Å²) in [4.78, 5) is 10.4. The maximum absolute atomic E-state index is 10.4. The van der Waals surface area contributed by atoms with Crippen molar-refractivity contribution in [3.05, 3.63) is 43.7 Å². The summed E-state index contributed by atoms with van der Waals surface area (Å²) in [6, 6.07) is 7.38. The Bertz CT molecular complexity index is 584. The van der Waals surface area contributed by atoms with E-state index in [1.54, 1.807) is 12.1 Å². The number of allylic oxidation sites excluding steroid dienone is 1. The maximum atomic E-state index is 10.4. The van der Waals surface area contributed by atoms with Gasteiger partial charge in [0.05, 0.1) is 4.24 Å². The molecule has 7 heteroatoms. The minimum absolute atomic E-state index is 0.154. The number of rotatable bonds is 3. The lowest BCUT2D eigenvalue weighted by atomic mass is 10.2. The van der Waals surface area contributed by atoms with Crippen molar-refractivity contribution in [1.82, 2.24) is 5.32 Å². The second-order valence-corrected chi connectivity index (χ2v) is 6.97. The zero-order valence-electron chi connectivity index (χ0n) is 9.52. The molecule has 0 aromatic heterocycles. The van der Waals surface area contributed by atoms with Crippen molar-refractivity contribution in [2.24, 2.45) is 0 Å². The number of nitrogens with one attached hydrogen (secondary N) is 1. The van der Waals surface area contributed by atoms with Gasteiger partial charge >= 0.3 is 0 Å². The van der Waals surface area contributed by atoms with Gasteiger partial charge in [-0.2, -0.15) is 5.26 Å². The van der Waals surface area contributed by atoms with Gasteiger partial charge in [0, 0.05) is 21.0 Å². The monoisotopic (exact) mass is 330 g/mol. The molecule has 1 heterocycles. The van der Waals surface area contributed by atoms with E-state index in [4.69, 9.17) is 28.5 Å². The lowest BCUT2D eigenvalue weighted by Gasteiger charge is -2.10. The molecular formula is C12H8Cl2N2OS2. The molecule has 1 aliphatic rings. The molecule has 0 bridgehead atoms. The van der Waals surface area contributed by atoms with E-state index in [2.05, 4.69) is 5.32 Å². The highest BCUT2D eigenvalue weighted by atomic mass is 35.5. The van der Waals surface area contributed by atoms with Gasteiger partial charge in [-0.3, -0.25) is 4.79 Å². The normalized spacial score (nSPS) is 20.8. The van der Waals surface area contributed by atoms with Crippen LogP contribution < -0.4 is 5.32 Å². The predicted octanol–water partition coefficient (Wildman–Crippen LogP) is 3.95. The number of nitrogens with zero attached hydrogens (tertiary/aromatic N) is 1. The number of carbonyl (C=O) groups is 1. The van der Waals surface area contributed by atoms with Crippen LogP contribution in [0.4, 0.5) is 0 Å². The maximum Gasteiger partial charge on any atom is 0.212 e. The number of halogens is 2. The Kier molecular flexibility index (Phi) is 5.06. The zero-order valence-corrected chi connectivity index (χ0v) is 12.7. The molecule has 0 aliphatic carbocycles. The average Bonchev–Trinajstić information content (AvgIpc) is 2.85.